The number of allylic oxidation sites excluding steroid dienone is 1. The summed E-state index contributed by atoms with van der Waals surface area (Å²) in [6.07, 6.45) is 1.36. The number of benzene rings is 1. The Labute approximate surface area is 139 Å². The molecule has 0 bridgehead atoms. The van der Waals surface area contributed by atoms with E-state index in [0.29, 0.717) is 12.0 Å². The van der Waals surface area contributed by atoms with Crippen LogP contribution in [0, 0.1) is 11.8 Å². The summed E-state index contributed by atoms with van der Waals surface area (Å²) in [6.45, 7) is 3.80. The largest absolute Gasteiger partial charge is 0.303 e. The molecule has 22 heavy (non-hydrogen) atoms. The van der Waals surface area contributed by atoms with Gasteiger partial charge in [0.05, 0.1) is 15.8 Å². The molecule has 0 saturated heterocycles. The van der Waals surface area contributed by atoms with Crippen molar-refractivity contribution in [2.45, 2.75) is 20.3 Å². The lowest BCUT2D eigenvalue weighted by atomic mass is 9.87. The second-order valence-corrected chi connectivity index (χ2v) is 6.78. The number of hydrogen-bond donors (Lipinski definition) is 0. The second kappa shape index (κ2) is 7.55. The van der Waals surface area contributed by atoms with Crippen LogP contribution >= 0.6 is 22.9 Å². The van der Waals surface area contributed by atoms with Gasteiger partial charge in [-0.25, -0.2) is 4.79 Å². The molecule has 0 spiro atoms. The minimum Gasteiger partial charge on any atom is -0.303 e. The SMILES string of the molecule is CC(C)C(=C=O)C(C=O)Cc1ccc(-c2sccc2Cl)cc1. The molecule has 0 saturated carbocycles. The zero-order chi connectivity index (χ0) is 16.1. The minimum atomic E-state index is -0.409. The van der Waals surface area contributed by atoms with Gasteiger partial charge in [0, 0.05) is 5.57 Å². The maximum Gasteiger partial charge on any atom is 0.128 e. The molecule has 1 aromatic heterocycles. The van der Waals surface area contributed by atoms with Crippen LogP contribution in [-0.2, 0) is 16.0 Å². The van der Waals surface area contributed by atoms with Crippen LogP contribution in [0.25, 0.3) is 10.4 Å². The third-order valence-electron chi connectivity index (χ3n) is 3.59. The Bertz CT molecular complexity index is 694. The van der Waals surface area contributed by atoms with Gasteiger partial charge in [-0.1, -0.05) is 49.7 Å². The summed E-state index contributed by atoms with van der Waals surface area (Å²) >= 11 is 7.73. The molecule has 4 heteroatoms. The summed E-state index contributed by atoms with van der Waals surface area (Å²) in [4.78, 5) is 23.4. The summed E-state index contributed by atoms with van der Waals surface area (Å²) in [5, 5.41) is 2.70. The fourth-order valence-corrected chi connectivity index (χ4v) is 3.57. The Kier molecular flexibility index (Phi) is 5.73. The van der Waals surface area contributed by atoms with Crippen molar-refractivity contribution >= 4 is 35.2 Å². The first-order valence-electron chi connectivity index (χ1n) is 7.09. The number of halogens is 1. The quantitative estimate of drug-likeness (QED) is 0.560. The number of carbonyl (C=O) groups excluding carboxylic acids is 2. The normalized spacial score (nSPS) is 12.0. The lowest BCUT2D eigenvalue weighted by Crippen LogP contribution is -2.14. The van der Waals surface area contributed by atoms with Crippen molar-refractivity contribution in [1.82, 2.24) is 0 Å². The Morgan fingerprint density at radius 2 is 1.95 bits per heavy atom. The van der Waals surface area contributed by atoms with Gasteiger partial charge in [-0.3, -0.25) is 0 Å². The predicted molar refractivity (Wildman–Crippen MR) is 92.1 cm³/mol. The summed E-state index contributed by atoms with van der Waals surface area (Å²) in [5.74, 6) is 1.55. The molecule has 1 aromatic carbocycles. The van der Waals surface area contributed by atoms with Gasteiger partial charge in [0.2, 0.25) is 0 Å². The molecular weight excluding hydrogens is 316 g/mol. The lowest BCUT2D eigenvalue weighted by Gasteiger charge is -2.14. The van der Waals surface area contributed by atoms with Gasteiger partial charge in [-0.15, -0.1) is 11.3 Å². The van der Waals surface area contributed by atoms with Crippen molar-refractivity contribution in [3.05, 3.63) is 51.9 Å². The van der Waals surface area contributed by atoms with Crippen LogP contribution in [0.4, 0.5) is 0 Å². The Morgan fingerprint density at radius 3 is 2.41 bits per heavy atom. The van der Waals surface area contributed by atoms with E-state index in [9.17, 15) is 9.59 Å². The van der Waals surface area contributed by atoms with E-state index in [-0.39, 0.29) is 5.92 Å². The average molecular weight is 333 g/mol. The highest BCUT2D eigenvalue weighted by molar-refractivity contribution is 7.14. The van der Waals surface area contributed by atoms with Gasteiger partial charge < -0.3 is 4.79 Å². The van der Waals surface area contributed by atoms with E-state index in [1.807, 2.05) is 55.5 Å². The van der Waals surface area contributed by atoms with Crippen molar-refractivity contribution in [1.29, 1.82) is 0 Å². The summed E-state index contributed by atoms with van der Waals surface area (Å²) in [7, 11) is 0. The maximum atomic E-state index is 11.3. The molecule has 2 rings (SSSR count). The zero-order valence-electron chi connectivity index (χ0n) is 12.5. The third kappa shape index (κ3) is 3.75. The number of rotatable bonds is 6. The Hall–Kier alpha value is -1.67. The van der Waals surface area contributed by atoms with Crippen LogP contribution in [0.15, 0.2) is 41.3 Å². The molecule has 1 unspecified atom stereocenters. The first-order chi connectivity index (χ1) is 10.6. The molecule has 2 nitrogen and oxygen atoms in total. The van der Waals surface area contributed by atoms with Crippen LogP contribution in [-0.4, -0.2) is 12.2 Å². The topological polar surface area (TPSA) is 34.1 Å². The molecule has 0 aliphatic heterocycles. The molecule has 1 heterocycles. The number of thiophene rings is 1. The fourth-order valence-electron chi connectivity index (χ4n) is 2.40. The van der Waals surface area contributed by atoms with Crippen LogP contribution in [0.5, 0.6) is 0 Å². The maximum absolute atomic E-state index is 11.3. The van der Waals surface area contributed by atoms with Gasteiger partial charge in [0.1, 0.15) is 12.2 Å². The van der Waals surface area contributed by atoms with Crippen molar-refractivity contribution in [2.24, 2.45) is 11.8 Å². The summed E-state index contributed by atoms with van der Waals surface area (Å²) in [5.41, 5.74) is 2.60. The number of hydrogen-bond acceptors (Lipinski definition) is 3. The van der Waals surface area contributed by atoms with E-state index < -0.39 is 5.92 Å². The van der Waals surface area contributed by atoms with E-state index in [4.69, 9.17) is 11.6 Å². The van der Waals surface area contributed by atoms with E-state index in [1.54, 1.807) is 11.3 Å². The standard InChI is InChI=1S/C18H17ClO2S/c1-12(2)16(11-21)15(10-20)9-13-3-5-14(6-4-13)18-17(19)7-8-22-18/h3-8,10,12,15H,9H2,1-2H3. The van der Waals surface area contributed by atoms with Gasteiger partial charge in [0.25, 0.3) is 0 Å². The van der Waals surface area contributed by atoms with E-state index in [2.05, 4.69) is 0 Å². The molecule has 0 N–H and O–H groups in total. The fraction of sp³-hybridized carbons (Fsp3) is 0.278. The molecule has 114 valence electrons. The molecule has 1 atom stereocenters. The lowest BCUT2D eigenvalue weighted by molar-refractivity contribution is -0.110. The van der Waals surface area contributed by atoms with Gasteiger partial charge in [-0.05, 0) is 34.9 Å². The monoisotopic (exact) mass is 332 g/mol. The Balaban J connectivity index is 2.19. The minimum absolute atomic E-state index is 0.0249. The number of aldehydes is 1. The molecule has 0 aliphatic carbocycles. The van der Waals surface area contributed by atoms with Crippen molar-refractivity contribution < 1.29 is 9.59 Å². The Morgan fingerprint density at radius 1 is 1.27 bits per heavy atom. The highest BCUT2D eigenvalue weighted by Crippen LogP contribution is 2.33. The molecule has 2 aromatic rings. The van der Waals surface area contributed by atoms with Gasteiger partial charge in [-0.2, -0.15) is 0 Å². The third-order valence-corrected chi connectivity index (χ3v) is 4.98. The second-order valence-electron chi connectivity index (χ2n) is 5.45. The molecule has 0 amide bonds. The molecular formula is C18H17ClO2S. The smallest absolute Gasteiger partial charge is 0.128 e. The highest BCUT2D eigenvalue weighted by atomic mass is 35.5. The summed E-state index contributed by atoms with van der Waals surface area (Å²) < 4.78 is 0. The van der Waals surface area contributed by atoms with E-state index in [0.717, 1.165) is 27.3 Å². The van der Waals surface area contributed by atoms with Crippen molar-refractivity contribution in [2.75, 3.05) is 0 Å². The molecule has 0 radical (unpaired) electrons. The van der Waals surface area contributed by atoms with Crippen molar-refractivity contribution in [3.8, 4) is 10.4 Å². The average Bonchev–Trinajstić information content (AvgIpc) is 2.93. The van der Waals surface area contributed by atoms with Crippen LogP contribution in [0.2, 0.25) is 5.02 Å². The molecule has 0 aliphatic rings. The van der Waals surface area contributed by atoms with E-state index >= 15 is 0 Å². The predicted octanol–water partition coefficient (Wildman–Crippen LogP) is 4.84. The van der Waals surface area contributed by atoms with Crippen LogP contribution < -0.4 is 0 Å². The van der Waals surface area contributed by atoms with Gasteiger partial charge >= 0.3 is 0 Å². The van der Waals surface area contributed by atoms with Gasteiger partial charge in [0.15, 0.2) is 0 Å². The van der Waals surface area contributed by atoms with Crippen LogP contribution in [0.1, 0.15) is 19.4 Å². The van der Waals surface area contributed by atoms with E-state index in [1.165, 1.54) is 0 Å². The van der Waals surface area contributed by atoms with Crippen molar-refractivity contribution in [3.63, 3.8) is 0 Å². The molecule has 0 fully saturated rings. The number of carbonyl (C=O) groups is 1. The zero-order valence-corrected chi connectivity index (χ0v) is 14.1. The van der Waals surface area contributed by atoms with Crippen LogP contribution in [0.3, 0.4) is 0 Å². The summed E-state index contributed by atoms with van der Waals surface area (Å²) in [6, 6.07) is 9.82. The first kappa shape index (κ1) is 16.7. The highest BCUT2D eigenvalue weighted by Gasteiger charge is 2.18. The first-order valence-corrected chi connectivity index (χ1v) is 8.35.